The smallest absolute Gasteiger partial charge is 0.478 e. The van der Waals surface area contributed by atoms with Crippen LogP contribution < -0.4 is 20.7 Å². The third-order valence-corrected chi connectivity index (χ3v) is 9.92. The molecule has 15 nitrogen and oxygen atoms in total. The number of benzene rings is 2. The molecule has 4 N–H and O–H groups in total. The van der Waals surface area contributed by atoms with E-state index in [0.29, 0.717) is 0 Å². The third kappa shape index (κ3) is 7.25. The van der Waals surface area contributed by atoms with Crippen LogP contribution in [0.4, 0.5) is 9.59 Å². The van der Waals surface area contributed by atoms with Crippen molar-refractivity contribution < 1.29 is 52.3 Å². The zero-order valence-corrected chi connectivity index (χ0v) is 27.5. The van der Waals surface area contributed by atoms with E-state index >= 15 is 0 Å². The number of fused-ring (bicyclic) bond motifs is 1. The zero-order valence-electron chi connectivity index (χ0n) is 24.4. The molecule has 5 atom stereocenters. The first-order valence-electron chi connectivity index (χ1n) is 13.5. The van der Waals surface area contributed by atoms with Crippen LogP contribution >= 0.6 is 34.8 Å². The SMILES string of the molecule is CC1(C)S(=O)[C@@H]2[C@@H](NC=O)C(=O)N2[C@@]1(NC(=O)C(NC(=O)OCC(Cl)(Cl)Cl)c1ccc(OC(=O)OCc2ccccc2)cc1)C(=O)O. The molecule has 19 heteroatoms. The number of carbonyl (C=O) groups is 6. The second kappa shape index (κ2) is 13.9. The number of carbonyl (C=O) groups excluding carboxylic acids is 5. The second-order valence-corrected chi connectivity index (χ2v) is 15.3. The third-order valence-electron chi connectivity index (χ3n) is 7.36. The topological polar surface area (TPSA) is 207 Å². The fourth-order valence-corrected chi connectivity index (χ4v) is 7.25. The lowest BCUT2D eigenvalue weighted by molar-refractivity contribution is -0.176. The van der Waals surface area contributed by atoms with E-state index in [9.17, 15) is 38.1 Å². The first-order valence-corrected chi connectivity index (χ1v) is 15.9. The van der Waals surface area contributed by atoms with Gasteiger partial charge in [-0.2, -0.15) is 0 Å². The summed E-state index contributed by atoms with van der Waals surface area (Å²) in [5.41, 5.74) is -1.86. The van der Waals surface area contributed by atoms with Gasteiger partial charge in [-0.05, 0) is 37.1 Å². The summed E-state index contributed by atoms with van der Waals surface area (Å²) in [6, 6.07) is 10.9. The van der Waals surface area contributed by atoms with Crippen molar-refractivity contribution in [3.63, 3.8) is 0 Å². The van der Waals surface area contributed by atoms with Gasteiger partial charge in [0, 0.05) is 0 Å². The van der Waals surface area contributed by atoms with Gasteiger partial charge in [0.1, 0.15) is 36.4 Å². The highest BCUT2D eigenvalue weighted by Gasteiger charge is 2.77. The normalized spacial score (nSPS) is 23.3. The molecule has 252 valence electrons. The summed E-state index contributed by atoms with van der Waals surface area (Å²) in [5.74, 6) is -3.84. The Morgan fingerprint density at radius 3 is 2.28 bits per heavy atom. The van der Waals surface area contributed by atoms with Crippen molar-refractivity contribution >= 4 is 82.0 Å². The molecule has 2 aliphatic rings. The molecular weight excluding hydrogens is 707 g/mol. The fraction of sp³-hybridized carbons (Fsp3) is 0.357. The van der Waals surface area contributed by atoms with E-state index < -0.39 is 79.1 Å². The summed E-state index contributed by atoms with van der Waals surface area (Å²) in [5, 5.41) is 15.9. The molecule has 0 spiro atoms. The summed E-state index contributed by atoms with van der Waals surface area (Å²) < 4.78 is 24.7. The minimum absolute atomic E-state index is 0.0122. The van der Waals surface area contributed by atoms with Crippen molar-refractivity contribution in [2.24, 2.45) is 0 Å². The molecule has 4 rings (SSSR count). The number of nitrogens with zero attached hydrogens (tertiary/aromatic N) is 1. The molecule has 2 heterocycles. The molecule has 2 fully saturated rings. The number of aliphatic carboxylic acids is 1. The van der Waals surface area contributed by atoms with Gasteiger partial charge in [-0.15, -0.1) is 0 Å². The zero-order chi connectivity index (χ0) is 34.7. The van der Waals surface area contributed by atoms with E-state index in [1.807, 2.05) is 0 Å². The van der Waals surface area contributed by atoms with Crippen LogP contribution in [0, 0.1) is 0 Å². The summed E-state index contributed by atoms with van der Waals surface area (Å²) in [7, 11) is -2.11. The molecule has 2 unspecified atom stereocenters. The van der Waals surface area contributed by atoms with E-state index in [1.54, 1.807) is 30.3 Å². The number of β-lactam (4-membered cyclic amide) rings is 1. The number of alkyl halides is 3. The predicted molar refractivity (Wildman–Crippen MR) is 166 cm³/mol. The molecule has 0 radical (unpaired) electrons. The van der Waals surface area contributed by atoms with Crippen LogP contribution in [0.5, 0.6) is 5.75 Å². The Hall–Kier alpha value is -4.12. The van der Waals surface area contributed by atoms with E-state index in [2.05, 4.69) is 16.0 Å². The number of ether oxygens (including phenoxy) is 3. The average Bonchev–Trinajstić information content (AvgIpc) is 3.17. The van der Waals surface area contributed by atoms with Crippen LogP contribution in [-0.2, 0) is 46.1 Å². The Morgan fingerprint density at radius 2 is 1.70 bits per heavy atom. The van der Waals surface area contributed by atoms with Crippen LogP contribution in [-0.4, -0.2) is 82.9 Å². The maximum absolute atomic E-state index is 13.9. The number of carboxylic acid groups (broad SMARTS) is 1. The van der Waals surface area contributed by atoms with Gasteiger partial charge < -0.3 is 35.3 Å². The van der Waals surface area contributed by atoms with Gasteiger partial charge in [-0.1, -0.05) is 77.3 Å². The van der Waals surface area contributed by atoms with Crippen molar-refractivity contribution in [3.8, 4) is 5.75 Å². The number of rotatable bonds is 11. The second-order valence-electron chi connectivity index (χ2n) is 10.6. The number of nitrogens with one attached hydrogen (secondary N) is 3. The molecule has 0 aromatic heterocycles. The molecule has 0 aliphatic carbocycles. The molecule has 47 heavy (non-hydrogen) atoms. The first kappa shape index (κ1) is 35.7. The maximum Gasteiger partial charge on any atom is 0.514 e. The largest absolute Gasteiger partial charge is 0.514 e. The molecule has 0 saturated carbocycles. The van der Waals surface area contributed by atoms with E-state index in [4.69, 9.17) is 49.0 Å². The van der Waals surface area contributed by atoms with Crippen LogP contribution in [0.3, 0.4) is 0 Å². The number of amides is 4. The van der Waals surface area contributed by atoms with Gasteiger partial charge in [-0.25, -0.2) is 14.4 Å². The summed E-state index contributed by atoms with van der Waals surface area (Å²) >= 11 is 16.9. The fourth-order valence-electron chi connectivity index (χ4n) is 5.06. The first-order chi connectivity index (χ1) is 22.0. The predicted octanol–water partition coefficient (Wildman–Crippen LogP) is 2.26. The Kier molecular flexibility index (Phi) is 10.6. The lowest BCUT2D eigenvalue weighted by atomic mass is 9.88. The van der Waals surface area contributed by atoms with Crippen molar-refractivity contribution in [3.05, 3.63) is 65.7 Å². The van der Waals surface area contributed by atoms with Gasteiger partial charge in [0.15, 0.2) is 0 Å². The number of carboxylic acids is 1. The summed E-state index contributed by atoms with van der Waals surface area (Å²) in [6.07, 6.45) is -2.07. The highest BCUT2D eigenvalue weighted by molar-refractivity contribution is 7.87. The van der Waals surface area contributed by atoms with Gasteiger partial charge in [-0.3, -0.25) is 23.5 Å². The molecule has 0 bridgehead atoms. The average molecular weight is 734 g/mol. The molecule has 2 aromatic rings. The highest BCUT2D eigenvalue weighted by atomic mass is 35.6. The van der Waals surface area contributed by atoms with Crippen molar-refractivity contribution in [1.82, 2.24) is 20.9 Å². The molecule has 4 amide bonds. The van der Waals surface area contributed by atoms with Crippen molar-refractivity contribution in [2.75, 3.05) is 6.61 Å². The van der Waals surface area contributed by atoms with Crippen LogP contribution in [0.25, 0.3) is 0 Å². The number of halogens is 3. The number of hydrogen-bond donors (Lipinski definition) is 4. The van der Waals surface area contributed by atoms with E-state index in [1.165, 1.54) is 38.1 Å². The number of hydrogen-bond acceptors (Lipinski definition) is 10. The summed E-state index contributed by atoms with van der Waals surface area (Å²) in [6.45, 7) is 1.75. The molecule has 2 saturated heterocycles. The Morgan fingerprint density at radius 1 is 1.06 bits per heavy atom. The van der Waals surface area contributed by atoms with E-state index in [0.717, 1.165) is 10.5 Å². The lowest BCUT2D eigenvalue weighted by Gasteiger charge is -2.49. The van der Waals surface area contributed by atoms with E-state index in [-0.39, 0.29) is 24.3 Å². The van der Waals surface area contributed by atoms with Gasteiger partial charge in [0.25, 0.3) is 5.91 Å². The molecule has 2 aliphatic heterocycles. The minimum Gasteiger partial charge on any atom is -0.478 e. The summed E-state index contributed by atoms with van der Waals surface area (Å²) in [4.78, 5) is 76.3. The Balaban J connectivity index is 1.59. The lowest BCUT2D eigenvalue weighted by Crippen LogP contribution is -2.80. The Labute approximate surface area is 284 Å². The monoisotopic (exact) mass is 732 g/mol. The highest BCUT2D eigenvalue weighted by Crippen LogP contribution is 2.49. The number of alkyl carbamates (subject to hydrolysis) is 1. The van der Waals surface area contributed by atoms with Gasteiger partial charge in [0.2, 0.25) is 21.8 Å². The Bertz CT molecular complexity index is 1590. The molecule has 2 aromatic carbocycles. The van der Waals surface area contributed by atoms with Crippen molar-refractivity contribution in [1.29, 1.82) is 0 Å². The van der Waals surface area contributed by atoms with Crippen molar-refractivity contribution in [2.45, 2.75) is 52.1 Å². The minimum atomic E-state index is -2.59. The van der Waals surface area contributed by atoms with Crippen LogP contribution in [0.2, 0.25) is 0 Å². The molecular formula is C28H27Cl3N4O11S. The van der Waals surface area contributed by atoms with Crippen LogP contribution in [0.15, 0.2) is 54.6 Å². The standard InChI is InChI=1S/C28H27Cl3N4O11S/c1-26(2)28(23(39)40,35-21(38)19(32-14-36)22(35)47(26)43)34-20(37)18(33-24(41)45-13-27(29,30)31)16-8-10-17(11-9-16)46-25(42)44-12-15-6-4-3-5-7-15/h3-11,14,18-19,22H,12-13H2,1-2H3,(H,32,36)(H,33,41)(H,34,37)(H,39,40)/t18?,19-,22+,28-,47?/m0/s1. The quantitative estimate of drug-likeness (QED) is 0.0866. The van der Waals surface area contributed by atoms with Crippen LogP contribution in [0.1, 0.15) is 31.0 Å². The maximum atomic E-state index is 13.9. The van der Waals surface area contributed by atoms with Gasteiger partial charge >= 0.3 is 18.2 Å². The van der Waals surface area contributed by atoms with Gasteiger partial charge in [0.05, 0.1) is 15.5 Å².